The van der Waals surface area contributed by atoms with E-state index in [0.717, 1.165) is 0 Å². The number of nitrogens with zero attached hydrogens (tertiary/aromatic N) is 4. The summed E-state index contributed by atoms with van der Waals surface area (Å²) in [7, 11) is 3.33. The number of nitro groups is 1. The van der Waals surface area contributed by atoms with Crippen molar-refractivity contribution >= 4 is 17.6 Å². The lowest BCUT2D eigenvalue weighted by molar-refractivity contribution is -0.388. The highest BCUT2D eigenvalue weighted by Crippen LogP contribution is 2.24. The molecule has 0 aromatic carbocycles. The third-order valence-electron chi connectivity index (χ3n) is 2.38. The second-order valence-electron chi connectivity index (χ2n) is 3.74. The molecule has 0 atom stereocenters. The predicted molar refractivity (Wildman–Crippen MR) is 64.4 cm³/mol. The van der Waals surface area contributed by atoms with Gasteiger partial charge in [-0.25, -0.2) is 0 Å². The fraction of sp³-hybridized carbons (Fsp3) is 0.600. The molecule has 0 bridgehead atoms. The first-order valence-electron chi connectivity index (χ1n) is 5.49. The number of anilines is 1. The fourth-order valence-electron chi connectivity index (χ4n) is 1.58. The Morgan fingerprint density at radius 1 is 1.67 bits per heavy atom. The highest BCUT2D eigenvalue weighted by Gasteiger charge is 2.23. The van der Waals surface area contributed by atoms with Crippen LogP contribution in [-0.2, 0) is 16.6 Å². The van der Waals surface area contributed by atoms with Crippen LogP contribution in [0.5, 0.6) is 0 Å². The highest BCUT2D eigenvalue weighted by atomic mass is 16.6. The number of hydrogen-bond acceptors (Lipinski definition) is 6. The van der Waals surface area contributed by atoms with E-state index in [1.807, 2.05) is 0 Å². The minimum Gasteiger partial charge on any atom is -0.466 e. The van der Waals surface area contributed by atoms with Gasteiger partial charge in [-0.1, -0.05) is 0 Å². The summed E-state index contributed by atoms with van der Waals surface area (Å²) in [4.78, 5) is 26.8. The zero-order valence-corrected chi connectivity index (χ0v) is 10.6. The van der Waals surface area contributed by atoms with Gasteiger partial charge in [-0.2, -0.15) is 0 Å². The number of esters is 1. The number of aryl methyl sites for hydroxylation is 1. The van der Waals surface area contributed by atoms with Gasteiger partial charge in [-0.05, 0) is 16.8 Å². The molecule has 0 saturated carbocycles. The van der Waals surface area contributed by atoms with Crippen molar-refractivity contribution in [1.29, 1.82) is 0 Å². The number of imidazole rings is 1. The van der Waals surface area contributed by atoms with Gasteiger partial charge in [0.2, 0.25) is 12.1 Å². The summed E-state index contributed by atoms with van der Waals surface area (Å²) in [5.41, 5.74) is 0. The molecule has 0 saturated heterocycles. The average Bonchev–Trinajstić information content (AvgIpc) is 2.68. The van der Waals surface area contributed by atoms with Crippen molar-refractivity contribution in [3.05, 3.63) is 16.4 Å². The summed E-state index contributed by atoms with van der Waals surface area (Å²) >= 11 is 0. The Morgan fingerprint density at radius 2 is 2.33 bits per heavy atom. The Bertz CT molecular complexity index is 443. The van der Waals surface area contributed by atoms with Crippen molar-refractivity contribution in [3.63, 3.8) is 0 Å². The third kappa shape index (κ3) is 3.19. The van der Waals surface area contributed by atoms with Crippen LogP contribution in [-0.4, -0.2) is 40.6 Å². The maximum atomic E-state index is 11.2. The zero-order chi connectivity index (χ0) is 13.7. The molecule has 0 spiro atoms. The molecule has 0 fully saturated rings. The van der Waals surface area contributed by atoms with Gasteiger partial charge in [-0.15, -0.1) is 0 Å². The normalized spacial score (nSPS) is 10.2. The second-order valence-corrected chi connectivity index (χ2v) is 3.74. The molecule has 1 heterocycles. The van der Waals surface area contributed by atoms with E-state index in [-0.39, 0.29) is 18.2 Å². The molecule has 0 radical (unpaired) electrons. The second kappa shape index (κ2) is 5.99. The van der Waals surface area contributed by atoms with Crippen LogP contribution in [0.4, 0.5) is 11.6 Å². The summed E-state index contributed by atoms with van der Waals surface area (Å²) in [5, 5.41) is 10.8. The Kier molecular flexibility index (Phi) is 4.64. The van der Waals surface area contributed by atoms with E-state index in [2.05, 4.69) is 4.98 Å². The molecule has 8 nitrogen and oxygen atoms in total. The Balaban J connectivity index is 2.72. The van der Waals surface area contributed by atoms with Gasteiger partial charge in [-0.3, -0.25) is 9.36 Å². The molecule has 0 aliphatic rings. The van der Waals surface area contributed by atoms with Gasteiger partial charge in [0.1, 0.15) is 0 Å². The quantitative estimate of drug-likeness (QED) is 0.423. The lowest BCUT2D eigenvalue weighted by Crippen LogP contribution is -2.24. The molecule has 0 amide bonds. The van der Waals surface area contributed by atoms with Crippen LogP contribution in [0, 0.1) is 10.1 Å². The minimum absolute atomic E-state index is 0.173. The first-order valence-corrected chi connectivity index (χ1v) is 5.49. The topological polar surface area (TPSA) is 90.5 Å². The number of aromatic nitrogens is 2. The molecular formula is C10H16N4O4. The molecule has 1 aromatic heterocycles. The standard InChI is InChI=1S/C10H16N4O4/c1-4-18-8(15)5-6-12(2)10-9(14(16)17)11-7-13(10)3/h7H,4-6H2,1-3H3. The van der Waals surface area contributed by atoms with Crippen LogP contribution in [0.1, 0.15) is 13.3 Å². The molecule has 8 heteroatoms. The molecule has 1 aromatic rings. The van der Waals surface area contributed by atoms with Crippen LogP contribution in [0.3, 0.4) is 0 Å². The lowest BCUT2D eigenvalue weighted by Gasteiger charge is -2.17. The number of carbonyl (C=O) groups excluding carboxylic acids is 1. The van der Waals surface area contributed by atoms with Gasteiger partial charge in [0.05, 0.1) is 13.0 Å². The molecule has 18 heavy (non-hydrogen) atoms. The van der Waals surface area contributed by atoms with Crippen molar-refractivity contribution in [2.45, 2.75) is 13.3 Å². The van der Waals surface area contributed by atoms with Crippen molar-refractivity contribution in [1.82, 2.24) is 9.55 Å². The largest absolute Gasteiger partial charge is 0.466 e. The van der Waals surface area contributed by atoms with E-state index >= 15 is 0 Å². The average molecular weight is 256 g/mol. The first-order chi connectivity index (χ1) is 8.47. The number of hydrogen-bond donors (Lipinski definition) is 0. The van der Waals surface area contributed by atoms with Crippen LogP contribution in [0.25, 0.3) is 0 Å². The summed E-state index contributed by atoms with van der Waals surface area (Å²) < 4.78 is 6.34. The summed E-state index contributed by atoms with van der Waals surface area (Å²) in [5.74, 6) is -0.178. The van der Waals surface area contributed by atoms with Crippen LogP contribution in [0.15, 0.2) is 6.33 Å². The van der Waals surface area contributed by atoms with Crippen LogP contribution in [0.2, 0.25) is 0 Å². The first kappa shape index (κ1) is 13.9. The molecule has 0 N–H and O–H groups in total. The maximum Gasteiger partial charge on any atom is 0.406 e. The zero-order valence-electron chi connectivity index (χ0n) is 10.6. The summed E-state index contributed by atoms with van der Waals surface area (Å²) in [6.07, 6.45) is 1.54. The SMILES string of the molecule is CCOC(=O)CCN(C)c1c([N+](=O)[O-])ncn1C. The molecule has 100 valence electrons. The molecule has 0 unspecified atom stereocenters. The summed E-state index contributed by atoms with van der Waals surface area (Å²) in [6, 6.07) is 0. The van der Waals surface area contributed by atoms with Gasteiger partial charge in [0.25, 0.3) is 0 Å². The molecule has 0 aliphatic heterocycles. The Hall–Kier alpha value is -2.12. The van der Waals surface area contributed by atoms with Gasteiger partial charge < -0.3 is 19.8 Å². The number of ether oxygens (including phenoxy) is 1. The maximum absolute atomic E-state index is 11.2. The van der Waals surface area contributed by atoms with Gasteiger partial charge >= 0.3 is 11.8 Å². The smallest absolute Gasteiger partial charge is 0.406 e. The van der Waals surface area contributed by atoms with Gasteiger partial charge in [0.15, 0.2) is 0 Å². The summed E-state index contributed by atoms with van der Waals surface area (Å²) in [6.45, 7) is 2.39. The Labute approximate surface area is 104 Å². The van der Waals surface area contributed by atoms with E-state index in [9.17, 15) is 14.9 Å². The predicted octanol–water partition coefficient (Wildman–Crippen LogP) is 0.718. The number of rotatable bonds is 6. The van der Waals surface area contributed by atoms with Crippen molar-refractivity contribution in [3.8, 4) is 0 Å². The molecule has 0 aliphatic carbocycles. The monoisotopic (exact) mass is 256 g/mol. The molecular weight excluding hydrogens is 240 g/mol. The van der Waals surface area contributed by atoms with Crippen LogP contribution < -0.4 is 4.90 Å². The van der Waals surface area contributed by atoms with Crippen molar-refractivity contribution < 1.29 is 14.5 Å². The van der Waals surface area contributed by atoms with Crippen LogP contribution >= 0.6 is 0 Å². The van der Waals surface area contributed by atoms with Gasteiger partial charge in [0, 0.05) is 20.6 Å². The molecule has 1 rings (SSSR count). The van der Waals surface area contributed by atoms with E-state index < -0.39 is 4.92 Å². The fourth-order valence-corrected chi connectivity index (χ4v) is 1.58. The van der Waals surface area contributed by atoms with E-state index in [0.29, 0.717) is 19.0 Å². The van der Waals surface area contributed by atoms with E-state index in [4.69, 9.17) is 4.74 Å². The third-order valence-corrected chi connectivity index (χ3v) is 2.38. The van der Waals surface area contributed by atoms with Crippen molar-refractivity contribution in [2.75, 3.05) is 25.1 Å². The van der Waals surface area contributed by atoms with E-state index in [1.165, 1.54) is 6.33 Å². The Morgan fingerprint density at radius 3 is 2.89 bits per heavy atom. The highest BCUT2D eigenvalue weighted by molar-refractivity contribution is 5.70. The van der Waals surface area contributed by atoms with E-state index in [1.54, 1.807) is 30.5 Å². The lowest BCUT2D eigenvalue weighted by atomic mass is 10.4. The van der Waals surface area contributed by atoms with Crippen molar-refractivity contribution in [2.24, 2.45) is 7.05 Å². The minimum atomic E-state index is -0.545. The number of carbonyl (C=O) groups is 1.